The summed E-state index contributed by atoms with van der Waals surface area (Å²) in [6.07, 6.45) is 6.37. The van der Waals surface area contributed by atoms with Crippen molar-refractivity contribution in [3.8, 4) is 11.3 Å². The first kappa shape index (κ1) is 25.8. The number of hydrogen-bond acceptors (Lipinski definition) is 8. The maximum atomic E-state index is 15.1. The van der Waals surface area contributed by atoms with Crippen LogP contribution < -0.4 is 11.1 Å². The molecular weight excluding hydrogens is 506 g/mol. The molecule has 6 rings (SSSR count). The minimum atomic E-state index is -1.39. The van der Waals surface area contributed by atoms with Gasteiger partial charge in [-0.3, -0.25) is 4.98 Å². The van der Waals surface area contributed by atoms with Crippen molar-refractivity contribution >= 4 is 17.2 Å². The van der Waals surface area contributed by atoms with Gasteiger partial charge in [-0.2, -0.15) is 9.61 Å². The first-order chi connectivity index (χ1) is 18.6. The van der Waals surface area contributed by atoms with Crippen LogP contribution in [0.3, 0.4) is 0 Å². The molecule has 5 N–H and O–H groups in total. The number of imidazole rings is 1. The Labute approximate surface area is 223 Å². The molecule has 2 fully saturated rings. The Bertz CT molecular complexity index is 1520. The van der Waals surface area contributed by atoms with E-state index in [9.17, 15) is 10.2 Å². The van der Waals surface area contributed by atoms with Gasteiger partial charge in [0, 0.05) is 12.2 Å². The van der Waals surface area contributed by atoms with E-state index in [2.05, 4.69) is 20.4 Å². The number of aliphatic hydroxyl groups is 2. The van der Waals surface area contributed by atoms with Crippen LogP contribution in [0.2, 0.25) is 0 Å². The van der Waals surface area contributed by atoms with E-state index in [-0.39, 0.29) is 47.9 Å². The molecule has 4 aromatic rings. The number of halogens is 2. The summed E-state index contributed by atoms with van der Waals surface area (Å²) in [5.41, 5.74) is 6.22. The normalized spacial score (nSPS) is 26.4. The quantitative estimate of drug-likeness (QED) is 0.304. The van der Waals surface area contributed by atoms with Crippen molar-refractivity contribution in [2.45, 2.75) is 49.9 Å². The number of nitrogens with two attached hydrogens (primary N) is 1. The van der Waals surface area contributed by atoms with E-state index in [4.69, 9.17) is 10.5 Å². The van der Waals surface area contributed by atoms with Crippen LogP contribution in [0.15, 0.2) is 48.9 Å². The lowest BCUT2D eigenvalue weighted by Gasteiger charge is -2.44. The number of aromatic nitrogens is 4. The summed E-state index contributed by atoms with van der Waals surface area (Å²) in [5, 5.41) is 29.0. The van der Waals surface area contributed by atoms with Gasteiger partial charge in [0.25, 0.3) is 0 Å². The van der Waals surface area contributed by atoms with Crippen molar-refractivity contribution in [3.05, 3.63) is 71.7 Å². The van der Waals surface area contributed by atoms with Gasteiger partial charge >= 0.3 is 0 Å². The van der Waals surface area contributed by atoms with Gasteiger partial charge in [0.05, 0.1) is 53.7 Å². The van der Waals surface area contributed by atoms with Gasteiger partial charge in [0.15, 0.2) is 0 Å². The Balaban J connectivity index is 1.33. The van der Waals surface area contributed by atoms with Gasteiger partial charge in [-0.1, -0.05) is 6.92 Å². The molecule has 204 valence electrons. The molecule has 1 aromatic carbocycles. The van der Waals surface area contributed by atoms with Gasteiger partial charge < -0.3 is 26.0 Å². The largest absolute Gasteiger partial charge is 0.388 e. The zero-order chi connectivity index (χ0) is 27.5. The highest BCUT2D eigenvalue weighted by Crippen LogP contribution is 2.43. The fourth-order valence-electron chi connectivity index (χ4n) is 5.56. The first-order valence-corrected chi connectivity index (χ1v) is 12.9. The topological polar surface area (TPSA) is 131 Å². The number of nitrogens with one attached hydrogen (secondary N) is 1. The number of fused-ring (bicyclic) bond motifs is 1. The predicted molar refractivity (Wildman–Crippen MR) is 140 cm³/mol. The van der Waals surface area contributed by atoms with Crippen LogP contribution in [-0.2, 0) is 10.3 Å². The van der Waals surface area contributed by atoms with Crippen molar-refractivity contribution in [1.82, 2.24) is 19.6 Å². The summed E-state index contributed by atoms with van der Waals surface area (Å²) in [6, 6.07) is 6.99. The standard InChI is InChI=1S/C28H30F2N6O3/c1-15-7-16(8-24(31)27(15,2)37)19-5-6-32-12-23(19)34-26-33-11-18-3-4-22(35-36(18)26)25-20(29)9-17(10-21(25)30)28(38)13-39-14-28/h3-6,9-12,15-16,24,37-38H,7-8,13-14,31H2,1-2H3,(H,33,34). The maximum Gasteiger partial charge on any atom is 0.229 e. The molecule has 0 bridgehead atoms. The third-order valence-corrected chi connectivity index (χ3v) is 8.37. The van der Waals surface area contributed by atoms with Crippen molar-refractivity contribution < 1.29 is 23.7 Å². The van der Waals surface area contributed by atoms with Gasteiger partial charge in [0.1, 0.15) is 17.2 Å². The molecule has 9 nitrogen and oxygen atoms in total. The Kier molecular flexibility index (Phi) is 6.14. The zero-order valence-electron chi connectivity index (χ0n) is 21.6. The van der Waals surface area contributed by atoms with E-state index < -0.39 is 22.8 Å². The highest BCUT2D eigenvalue weighted by molar-refractivity contribution is 5.66. The van der Waals surface area contributed by atoms with Gasteiger partial charge in [-0.15, -0.1) is 0 Å². The molecule has 2 aliphatic rings. The maximum absolute atomic E-state index is 15.1. The van der Waals surface area contributed by atoms with E-state index >= 15 is 8.78 Å². The van der Waals surface area contributed by atoms with Crippen LogP contribution in [0.5, 0.6) is 0 Å². The lowest BCUT2D eigenvalue weighted by molar-refractivity contribution is -0.184. The van der Waals surface area contributed by atoms with Crippen LogP contribution in [0.4, 0.5) is 20.4 Å². The molecular formula is C28H30F2N6O3. The van der Waals surface area contributed by atoms with Gasteiger partial charge in [0.2, 0.25) is 5.95 Å². The number of rotatable bonds is 5. The summed E-state index contributed by atoms with van der Waals surface area (Å²) < 4.78 is 36.7. The van der Waals surface area contributed by atoms with Crippen LogP contribution in [-0.4, -0.2) is 54.7 Å². The van der Waals surface area contributed by atoms with Crippen molar-refractivity contribution in [3.63, 3.8) is 0 Å². The average molecular weight is 537 g/mol. The summed E-state index contributed by atoms with van der Waals surface area (Å²) in [4.78, 5) is 8.70. The highest BCUT2D eigenvalue weighted by Gasteiger charge is 2.42. The molecule has 0 amide bonds. The van der Waals surface area contributed by atoms with Crippen LogP contribution in [0.1, 0.15) is 43.7 Å². The average Bonchev–Trinajstić information content (AvgIpc) is 3.27. The molecule has 3 aromatic heterocycles. The van der Waals surface area contributed by atoms with E-state index in [0.29, 0.717) is 23.6 Å². The molecule has 4 heterocycles. The smallest absolute Gasteiger partial charge is 0.229 e. The van der Waals surface area contributed by atoms with Crippen molar-refractivity contribution in [1.29, 1.82) is 0 Å². The highest BCUT2D eigenvalue weighted by atomic mass is 19.1. The van der Waals surface area contributed by atoms with E-state index in [1.54, 1.807) is 31.6 Å². The Hall–Kier alpha value is -3.51. The molecule has 1 saturated heterocycles. The summed E-state index contributed by atoms with van der Waals surface area (Å²) >= 11 is 0. The molecule has 1 aliphatic heterocycles. The van der Waals surface area contributed by atoms with E-state index in [0.717, 1.165) is 24.1 Å². The SMILES string of the molecule is CC1CC(c2ccncc2Nc2ncc3ccc(-c4c(F)cc(C5(O)COC5)cc4F)nn23)CC(N)C1(C)O. The molecule has 4 atom stereocenters. The first-order valence-electron chi connectivity index (χ1n) is 12.9. The van der Waals surface area contributed by atoms with E-state index in [1.807, 2.05) is 13.0 Å². The minimum Gasteiger partial charge on any atom is -0.388 e. The second-order valence-corrected chi connectivity index (χ2v) is 11.0. The third kappa shape index (κ3) is 4.35. The van der Waals surface area contributed by atoms with Crippen molar-refractivity contribution in [2.24, 2.45) is 11.7 Å². The monoisotopic (exact) mass is 536 g/mol. The third-order valence-electron chi connectivity index (χ3n) is 8.37. The Morgan fingerprint density at radius 3 is 2.51 bits per heavy atom. The van der Waals surface area contributed by atoms with Crippen LogP contribution in [0, 0.1) is 17.6 Å². The van der Waals surface area contributed by atoms with Crippen molar-refractivity contribution in [2.75, 3.05) is 18.5 Å². The lowest BCUT2D eigenvalue weighted by atomic mass is 9.68. The molecule has 4 unspecified atom stereocenters. The summed E-state index contributed by atoms with van der Waals surface area (Å²) in [6.45, 7) is 3.76. The second-order valence-electron chi connectivity index (χ2n) is 11.0. The second kappa shape index (κ2) is 9.30. The lowest BCUT2D eigenvalue weighted by Crippen LogP contribution is -2.54. The molecule has 11 heteroatoms. The van der Waals surface area contributed by atoms with E-state index in [1.165, 1.54) is 10.6 Å². The molecule has 1 aliphatic carbocycles. The number of anilines is 2. The summed E-state index contributed by atoms with van der Waals surface area (Å²) in [5.74, 6) is -1.23. The Morgan fingerprint density at radius 1 is 1.10 bits per heavy atom. The number of pyridine rings is 1. The van der Waals surface area contributed by atoms with Gasteiger partial charge in [-0.05, 0) is 73.1 Å². The number of nitrogens with zero attached hydrogens (tertiary/aromatic N) is 4. The Morgan fingerprint density at radius 2 is 1.85 bits per heavy atom. The molecule has 0 spiro atoms. The molecule has 0 radical (unpaired) electrons. The summed E-state index contributed by atoms with van der Waals surface area (Å²) in [7, 11) is 0. The number of ether oxygens (including phenoxy) is 1. The molecule has 39 heavy (non-hydrogen) atoms. The minimum absolute atomic E-state index is 0.00235. The predicted octanol–water partition coefficient (Wildman–Crippen LogP) is 3.62. The molecule has 1 saturated carbocycles. The fraction of sp³-hybridized carbons (Fsp3) is 0.393. The van der Waals surface area contributed by atoms with Gasteiger partial charge in [-0.25, -0.2) is 13.8 Å². The van der Waals surface area contributed by atoms with Crippen LogP contribution in [0.25, 0.3) is 16.8 Å². The number of hydrogen-bond donors (Lipinski definition) is 4. The fourth-order valence-corrected chi connectivity index (χ4v) is 5.56. The number of benzene rings is 1. The van der Waals surface area contributed by atoms with Crippen LogP contribution >= 0.6 is 0 Å². The zero-order valence-corrected chi connectivity index (χ0v) is 21.6.